The summed E-state index contributed by atoms with van der Waals surface area (Å²) in [6.07, 6.45) is 4.26. The van der Waals surface area contributed by atoms with Crippen molar-refractivity contribution < 1.29 is 0 Å². The maximum absolute atomic E-state index is 4.55. The highest BCUT2D eigenvalue weighted by molar-refractivity contribution is 7.11. The Balaban J connectivity index is 1.77. The van der Waals surface area contributed by atoms with Crippen LogP contribution in [0.3, 0.4) is 0 Å². The molecular weight excluding hydrogens is 294 g/mol. The smallest absolute Gasteiger partial charge is 0.191 e. The van der Waals surface area contributed by atoms with Crippen LogP contribution in [0.2, 0.25) is 0 Å². The topological polar surface area (TPSA) is 52.5 Å². The van der Waals surface area contributed by atoms with Crippen LogP contribution in [0.4, 0.5) is 0 Å². The van der Waals surface area contributed by atoms with Gasteiger partial charge in [0.05, 0.1) is 12.2 Å². The highest BCUT2D eigenvalue weighted by Crippen LogP contribution is 2.16. The van der Waals surface area contributed by atoms with E-state index in [2.05, 4.69) is 45.9 Å². The monoisotopic (exact) mass is 321 g/mol. The van der Waals surface area contributed by atoms with Crippen molar-refractivity contribution >= 4 is 17.3 Å². The molecular formula is C16H27N5S. The molecule has 1 fully saturated rings. The van der Waals surface area contributed by atoms with Crippen LogP contribution in [-0.4, -0.2) is 48.6 Å². The van der Waals surface area contributed by atoms with Crippen molar-refractivity contribution in [3.8, 4) is 0 Å². The fourth-order valence-electron chi connectivity index (χ4n) is 2.60. The molecule has 1 aromatic heterocycles. The second kappa shape index (κ2) is 8.29. The Hall–Kier alpha value is -1.40. The molecule has 0 radical (unpaired) electrons. The van der Waals surface area contributed by atoms with E-state index in [-0.39, 0.29) is 0 Å². The van der Waals surface area contributed by atoms with Crippen molar-refractivity contribution in [3.05, 3.63) is 28.2 Å². The van der Waals surface area contributed by atoms with E-state index in [0.29, 0.717) is 6.04 Å². The molecule has 0 atom stereocenters. The maximum atomic E-state index is 4.55. The van der Waals surface area contributed by atoms with E-state index < -0.39 is 0 Å². The van der Waals surface area contributed by atoms with Crippen LogP contribution in [0, 0.1) is 13.8 Å². The molecule has 1 aromatic rings. The van der Waals surface area contributed by atoms with Crippen LogP contribution in [0.25, 0.3) is 0 Å². The molecule has 0 bridgehead atoms. The second-order valence-electron chi connectivity index (χ2n) is 5.68. The molecule has 1 aliphatic heterocycles. The number of thiazole rings is 1. The summed E-state index contributed by atoms with van der Waals surface area (Å²) >= 11 is 1.75. The number of aromatic nitrogens is 1. The first kappa shape index (κ1) is 17.0. The summed E-state index contributed by atoms with van der Waals surface area (Å²) in [7, 11) is 1.82. The predicted octanol–water partition coefficient (Wildman–Crippen LogP) is 2.08. The Bertz CT molecular complexity index is 495. The Morgan fingerprint density at radius 2 is 2.18 bits per heavy atom. The third-order valence-electron chi connectivity index (χ3n) is 4.02. The minimum absolute atomic E-state index is 0.493. The molecule has 0 aromatic carbocycles. The SMILES string of the molecule is C=CCN1CCC(NC(=NC)NCc2nc(C)c(C)s2)CC1. The van der Waals surface area contributed by atoms with E-state index in [1.54, 1.807) is 11.3 Å². The number of nitrogens with zero attached hydrogens (tertiary/aromatic N) is 3. The summed E-state index contributed by atoms with van der Waals surface area (Å²) in [6.45, 7) is 11.9. The average Bonchev–Trinajstić information content (AvgIpc) is 2.84. The van der Waals surface area contributed by atoms with Crippen molar-refractivity contribution in [2.75, 3.05) is 26.7 Å². The van der Waals surface area contributed by atoms with Gasteiger partial charge in [-0.2, -0.15) is 0 Å². The number of hydrogen-bond acceptors (Lipinski definition) is 4. The summed E-state index contributed by atoms with van der Waals surface area (Å²) in [5, 5.41) is 8.00. The van der Waals surface area contributed by atoms with Crippen molar-refractivity contribution in [2.45, 2.75) is 39.3 Å². The van der Waals surface area contributed by atoms with Gasteiger partial charge < -0.3 is 10.6 Å². The lowest BCUT2D eigenvalue weighted by Crippen LogP contribution is -2.48. The fourth-order valence-corrected chi connectivity index (χ4v) is 3.48. The molecule has 1 saturated heterocycles. The molecule has 1 aliphatic rings. The Morgan fingerprint density at radius 3 is 2.73 bits per heavy atom. The van der Waals surface area contributed by atoms with Gasteiger partial charge >= 0.3 is 0 Å². The van der Waals surface area contributed by atoms with Crippen LogP contribution in [0.1, 0.15) is 28.4 Å². The lowest BCUT2D eigenvalue weighted by atomic mass is 10.1. The van der Waals surface area contributed by atoms with E-state index in [9.17, 15) is 0 Å². The first-order valence-electron chi connectivity index (χ1n) is 7.85. The van der Waals surface area contributed by atoms with Gasteiger partial charge in [-0.3, -0.25) is 9.89 Å². The summed E-state index contributed by atoms with van der Waals surface area (Å²) < 4.78 is 0. The molecule has 22 heavy (non-hydrogen) atoms. The van der Waals surface area contributed by atoms with E-state index in [1.165, 1.54) is 4.88 Å². The lowest BCUT2D eigenvalue weighted by molar-refractivity contribution is 0.225. The Labute approximate surface area is 137 Å². The molecule has 5 nitrogen and oxygen atoms in total. The van der Waals surface area contributed by atoms with E-state index in [0.717, 1.165) is 55.7 Å². The van der Waals surface area contributed by atoms with Gasteiger partial charge in [-0.1, -0.05) is 6.08 Å². The Morgan fingerprint density at radius 1 is 1.45 bits per heavy atom. The standard InChI is InChI=1S/C16H27N5S/c1-5-8-21-9-6-14(7-10-21)20-16(17-4)18-11-15-19-12(2)13(3)22-15/h5,14H,1,6-11H2,2-4H3,(H2,17,18,20). The molecule has 0 unspecified atom stereocenters. The number of aliphatic imine (C=N–C) groups is 1. The van der Waals surface area contributed by atoms with Gasteiger partial charge in [0.25, 0.3) is 0 Å². The van der Waals surface area contributed by atoms with Crippen LogP contribution in [-0.2, 0) is 6.54 Å². The molecule has 0 amide bonds. The molecule has 0 aliphatic carbocycles. The fraction of sp³-hybridized carbons (Fsp3) is 0.625. The first-order valence-corrected chi connectivity index (χ1v) is 8.67. The molecule has 2 N–H and O–H groups in total. The number of rotatable bonds is 5. The van der Waals surface area contributed by atoms with Gasteiger partial charge in [0, 0.05) is 37.6 Å². The van der Waals surface area contributed by atoms with Gasteiger partial charge in [-0.15, -0.1) is 17.9 Å². The molecule has 6 heteroatoms. The molecule has 122 valence electrons. The largest absolute Gasteiger partial charge is 0.354 e. The molecule has 0 spiro atoms. The normalized spacial score (nSPS) is 17.5. The van der Waals surface area contributed by atoms with Gasteiger partial charge in [0.1, 0.15) is 5.01 Å². The third kappa shape index (κ3) is 4.81. The summed E-state index contributed by atoms with van der Waals surface area (Å²) in [6, 6.07) is 0.493. The van der Waals surface area contributed by atoms with E-state index >= 15 is 0 Å². The number of guanidine groups is 1. The second-order valence-corrected chi connectivity index (χ2v) is 6.97. The quantitative estimate of drug-likeness (QED) is 0.495. The molecule has 2 heterocycles. The number of nitrogens with one attached hydrogen (secondary N) is 2. The van der Waals surface area contributed by atoms with Crippen molar-refractivity contribution in [2.24, 2.45) is 4.99 Å². The average molecular weight is 321 g/mol. The number of hydrogen-bond donors (Lipinski definition) is 2. The molecule has 0 saturated carbocycles. The van der Waals surface area contributed by atoms with Gasteiger partial charge in [0.15, 0.2) is 5.96 Å². The summed E-state index contributed by atoms with van der Waals surface area (Å²) in [5.74, 6) is 0.868. The third-order valence-corrected chi connectivity index (χ3v) is 5.09. The van der Waals surface area contributed by atoms with Crippen LogP contribution in [0.5, 0.6) is 0 Å². The van der Waals surface area contributed by atoms with E-state index in [4.69, 9.17) is 0 Å². The van der Waals surface area contributed by atoms with Crippen LogP contribution >= 0.6 is 11.3 Å². The maximum Gasteiger partial charge on any atom is 0.191 e. The highest BCUT2D eigenvalue weighted by Gasteiger charge is 2.19. The number of likely N-dealkylation sites (tertiary alicyclic amines) is 1. The zero-order valence-electron chi connectivity index (χ0n) is 13.9. The summed E-state index contributed by atoms with van der Waals surface area (Å²) in [5.41, 5.74) is 1.12. The zero-order valence-corrected chi connectivity index (χ0v) is 14.7. The number of aryl methyl sites for hydroxylation is 2. The minimum atomic E-state index is 0.493. The Kier molecular flexibility index (Phi) is 6.39. The van der Waals surface area contributed by atoms with Crippen LogP contribution < -0.4 is 10.6 Å². The summed E-state index contributed by atoms with van der Waals surface area (Å²) in [4.78, 5) is 12.6. The van der Waals surface area contributed by atoms with Crippen molar-refractivity contribution in [1.82, 2.24) is 20.5 Å². The number of piperidine rings is 1. The zero-order chi connectivity index (χ0) is 15.9. The van der Waals surface area contributed by atoms with E-state index in [1.807, 2.05) is 13.1 Å². The highest BCUT2D eigenvalue weighted by atomic mass is 32.1. The van der Waals surface area contributed by atoms with Gasteiger partial charge in [0.2, 0.25) is 0 Å². The van der Waals surface area contributed by atoms with Crippen molar-refractivity contribution in [1.29, 1.82) is 0 Å². The van der Waals surface area contributed by atoms with Gasteiger partial charge in [-0.25, -0.2) is 4.98 Å². The van der Waals surface area contributed by atoms with Crippen LogP contribution in [0.15, 0.2) is 17.6 Å². The predicted molar refractivity (Wildman–Crippen MR) is 94.6 cm³/mol. The van der Waals surface area contributed by atoms with Crippen molar-refractivity contribution in [3.63, 3.8) is 0 Å². The minimum Gasteiger partial charge on any atom is -0.354 e. The first-order chi connectivity index (χ1) is 10.6. The van der Waals surface area contributed by atoms with Gasteiger partial charge in [-0.05, 0) is 26.7 Å². The lowest BCUT2D eigenvalue weighted by Gasteiger charge is -2.32. The molecule has 2 rings (SSSR count).